The first-order valence-electron chi connectivity index (χ1n) is 6.29. The SMILES string of the molecule is CCC(C)CC(CC)Nc1c(F)cccc1F. The topological polar surface area (TPSA) is 12.0 Å². The molecule has 1 N–H and O–H groups in total. The van der Waals surface area contributed by atoms with E-state index in [9.17, 15) is 8.78 Å². The van der Waals surface area contributed by atoms with Gasteiger partial charge >= 0.3 is 0 Å². The van der Waals surface area contributed by atoms with Gasteiger partial charge in [-0.3, -0.25) is 0 Å². The van der Waals surface area contributed by atoms with Crippen LogP contribution >= 0.6 is 0 Å². The minimum atomic E-state index is -0.521. The molecule has 0 bridgehead atoms. The third kappa shape index (κ3) is 3.99. The van der Waals surface area contributed by atoms with Crippen molar-refractivity contribution in [2.75, 3.05) is 5.32 Å². The second kappa shape index (κ2) is 6.58. The maximum Gasteiger partial charge on any atom is 0.149 e. The number of anilines is 1. The Morgan fingerprint density at radius 1 is 1.12 bits per heavy atom. The highest BCUT2D eigenvalue weighted by atomic mass is 19.1. The van der Waals surface area contributed by atoms with Gasteiger partial charge in [0.1, 0.15) is 17.3 Å². The van der Waals surface area contributed by atoms with Crippen LogP contribution in [0.1, 0.15) is 40.0 Å². The number of benzene rings is 1. The zero-order chi connectivity index (χ0) is 12.8. The number of hydrogen-bond donors (Lipinski definition) is 1. The van der Waals surface area contributed by atoms with Gasteiger partial charge in [0.15, 0.2) is 0 Å². The van der Waals surface area contributed by atoms with Gasteiger partial charge in [0.25, 0.3) is 0 Å². The summed E-state index contributed by atoms with van der Waals surface area (Å²) in [6, 6.07) is 4.06. The molecule has 0 saturated carbocycles. The lowest BCUT2D eigenvalue weighted by Crippen LogP contribution is -2.22. The lowest BCUT2D eigenvalue weighted by Gasteiger charge is -2.22. The van der Waals surface area contributed by atoms with Crippen LogP contribution in [0.2, 0.25) is 0 Å². The van der Waals surface area contributed by atoms with Crippen molar-refractivity contribution in [2.24, 2.45) is 5.92 Å². The highest BCUT2D eigenvalue weighted by Gasteiger charge is 2.15. The molecule has 0 heterocycles. The zero-order valence-electron chi connectivity index (χ0n) is 10.8. The molecule has 1 aromatic rings. The smallest absolute Gasteiger partial charge is 0.149 e. The van der Waals surface area contributed by atoms with E-state index >= 15 is 0 Å². The summed E-state index contributed by atoms with van der Waals surface area (Å²) >= 11 is 0. The van der Waals surface area contributed by atoms with Crippen LogP contribution in [0.3, 0.4) is 0 Å². The van der Waals surface area contributed by atoms with Gasteiger partial charge in [-0.05, 0) is 30.9 Å². The third-order valence-corrected chi connectivity index (χ3v) is 3.19. The largest absolute Gasteiger partial charge is 0.378 e. The molecule has 0 radical (unpaired) electrons. The molecule has 0 spiro atoms. The van der Waals surface area contributed by atoms with Gasteiger partial charge in [0.2, 0.25) is 0 Å². The lowest BCUT2D eigenvalue weighted by molar-refractivity contribution is 0.458. The molecule has 1 nitrogen and oxygen atoms in total. The molecule has 0 aromatic heterocycles. The molecule has 2 atom stereocenters. The second-order valence-corrected chi connectivity index (χ2v) is 4.60. The minimum absolute atomic E-state index is 0.00246. The Morgan fingerprint density at radius 3 is 2.18 bits per heavy atom. The molecule has 0 aliphatic carbocycles. The Kier molecular flexibility index (Phi) is 5.39. The van der Waals surface area contributed by atoms with Crippen molar-refractivity contribution in [1.29, 1.82) is 0 Å². The van der Waals surface area contributed by atoms with Crippen molar-refractivity contribution in [3.05, 3.63) is 29.8 Å². The zero-order valence-corrected chi connectivity index (χ0v) is 10.8. The van der Waals surface area contributed by atoms with Crippen molar-refractivity contribution in [3.63, 3.8) is 0 Å². The van der Waals surface area contributed by atoms with Gasteiger partial charge in [0, 0.05) is 6.04 Å². The average Bonchev–Trinajstić information content (AvgIpc) is 2.32. The van der Waals surface area contributed by atoms with E-state index in [0.717, 1.165) is 19.3 Å². The first-order valence-corrected chi connectivity index (χ1v) is 6.29. The highest BCUT2D eigenvalue weighted by molar-refractivity contribution is 5.46. The van der Waals surface area contributed by atoms with Crippen LogP contribution in [0, 0.1) is 17.6 Å². The molecule has 0 saturated heterocycles. The maximum atomic E-state index is 13.5. The first kappa shape index (κ1) is 13.9. The van der Waals surface area contributed by atoms with Gasteiger partial charge in [-0.2, -0.15) is 0 Å². The Hall–Kier alpha value is -1.12. The summed E-state index contributed by atoms with van der Waals surface area (Å²) in [5, 5.41) is 2.98. The third-order valence-electron chi connectivity index (χ3n) is 3.19. The van der Waals surface area contributed by atoms with Gasteiger partial charge in [0.05, 0.1) is 0 Å². The molecule has 1 rings (SSSR count). The maximum absolute atomic E-state index is 13.5. The van der Waals surface area contributed by atoms with Crippen molar-refractivity contribution in [1.82, 2.24) is 0 Å². The monoisotopic (exact) mass is 241 g/mol. The molecule has 17 heavy (non-hydrogen) atoms. The second-order valence-electron chi connectivity index (χ2n) is 4.60. The molecule has 0 fully saturated rings. The van der Waals surface area contributed by atoms with E-state index in [-0.39, 0.29) is 11.7 Å². The fourth-order valence-electron chi connectivity index (χ4n) is 1.82. The Labute approximate surface area is 102 Å². The van der Waals surface area contributed by atoms with Crippen LogP contribution in [-0.4, -0.2) is 6.04 Å². The fraction of sp³-hybridized carbons (Fsp3) is 0.571. The van der Waals surface area contributed by atoms with Crippen LogP contribution in [0.5, 0.6) is 0 Å². The number of nitrogens with one attached hydrogen (secondary N) is 1. The molecule has 1 aromatic carbocycles. The molecular formula is C14H21F2N. The summed E-state index contributed by atoms with van der Waals surface area (Å²) < 4.78 is 26.9. The molecule has 0 aliphatic rings. The summed E-state index contributed by atoms with van der Waals surface area (Å²) in [5.74, 6) is -0.484. The quantitative estimate of drug-likeness (QED) is 0.768. The van der Waals surface area contributed by atoms with Crippen LogP contribution < -0.4 is 5.32 Å². The first-order chi connectivity index (χ1) is 8.08. The van der Waals surface area contributed by atoms with E-state index in [1.54, 1.807) is 0 Å². The molecular weight excluding hydrogens is 220 g/mol. The Bertz CT molecular complexity index is 332. The van der Waals surface area contributed by atoms with Crippen LogP contribution in [0.4, 0.5) is 14.5 Å². The number of halogens is 2. The van der Waals surface area contributed by atoms with Crippen molar-refractivity contribution >= 4 is 5.69 Å². The summed E-state index contributed by atoms with van der Waals surface area (Å²) in [6.45, 7) is 6.31. The van der Waals surface area contributed by atoms with Crippen molar-refractivity contribution in [3.8, 4) is 0 Å². The fourth-order valence-corrected chi connectivity index (χ4v) is 1.82. The Balaban J connectivity index is 2.73. The van der Waals surface area contributed by atoms with E-state index in [0.29, 0.717) is 5.92 Å². The van der Waals surface area contributed by atoms with Crippen LogP contribution in [0.25, 0.3) is 0 Å². The van der Waals surface area contributed by atoms with Gasteiger partial charge in [-0.15, -0.1) is 0 Å². The van der Waals surface area contributed by atoms with Gasteiger partial charge in [-0.1, -0.05) is 33.3 Å². The number of para-hydroxylation sites is 1. The predicted octanol–water partition coefficient (Wildman–Crippen LogP) is 4.59. The average molecular weight is 241 g/mol. The van der Waals surface area contributed by atoms with E-state index < -0.39 is 11.6 Å². The normalized spacial score (nSPS) is 14.4. The molecule has 3 heteroatoms. The van der Waals surface area contributed by atoms with E-state index in [1.165, 1.54) is 18.2 Å². The standard InChI is InChI=1S/C14H21F2N/c1-4-10(3)9-11(5-2)17-14-12(15)7-6-8-13(14)16/h6-8,10-11,17H,4-5,9H2,1-3H3. The molecule has 0 aliphatic heterocycles. The van der Waals surface area contributed by atoms with Crippen molar-refractivity contribution < 1.29 is 8.78 Å². The molecule has 0 amide bonds. The van der Waals surface area contributed by atoms with Crippen LogP contribution in [0.15, 0.2) is 18.2 Å². The molecule has 96 valence electrons. The Morgan fingerprint density at radius 2 is 1.71 bits per heavy atom. The lowest BCUT2D eigenvalue weighted by atomic mass is 9.97. The van der Waals surface area contributed by atoms with E-state index in [4.69, 9.17) is 0 Å². The summed E-state index contributed by atoms with van der Waals surface area (Å²) in [4.78, 5) is 0. The number of rotatable bonds is 6. The summed E-state index contributed by atoms with van der Waals surface area (Å²) in [5.41, 5.74) is 0.00246. The van der Waals surface area contributed by atoms with E-state index in [2.05, 4.69) is 19.2 Å². The predicted molar refractivity (Wildman–Crippen MR) is 68.1 cm³/mol. The summed E-state index contributed by atoms with van der Waals surface area (Å²) in [7, 11) is 0. The van der Waals surface area contributed by atoms with Crippen LogP contribution in [-0.2, 0) is 0 Å². The summed E-state index contributed by atoms with van der Waals surface area (Å²) in [6.07, 6.45) is 2.87. The van der Waals surface area contributed by atoms with Crippen molar-refractivity contribution in [2.45, 2.75) is 46.1 Å². The minimum Gasteiger partial charge on any atom is -0.378 e. The highest BCUT2D eigenvalue weighted by Crippen LogP contribution is 2.22. The van der Waals surface area contributed by atoms with Gasteiger partial charge in [-0.25, -0.2) is 8.78 Å². The molecule has 2 unspecified atom stereocenters. The van der Waals surface area contributed by atoms with E-state index in [1.807, 2.05) is 6.92 Å². The van der Waals surface area contributed by atoms with Gasteiger partial charge < -0.3 is 5.32 Å². The number of hydrogen-bond acceptors (Lipinski definition) is 1.